The first-order chi connectivity index (χ1) is 12.8. The molecule has 0 saturated carbocycles. The second kappa shape index (κ2) is 7.09. The summed E-state index contributed by atoms with van der Waals surface area (Å²) < 4.78 is 10.5. The average Bonchev–Trinajstić information content (AvgIpc) is 3.24. The van der Waals surface area contributed by atoms with Crippen molar-refractivity contribution in [2.24, 2.45) is 11.3 Å². The fraction of sp³-hybridized carbons (Fsp3) is 0.526. The van der Waals surface area contributed by atoms with Crippen LogP contribution in [-0.2, 0) is 14.4 Å². The molecule has 2 saturated heterocycles. The van der Waals surface area contributed by atoms with Gasteiger partial charge in [-0.3, -0.25) is 14.4 Å². The first-order valence-electron chi connectivity index (χ1n) is 8.83. The van der Waals surface area contributed by atoms with E-state index < -0.39 is 17.3 Å². The number of benzene rings is 1. The number of amides is 2. The molecule has 2 aliphatic heterocycles. The molecule has 3 rings (SSSR count). The Labute approximate surface area is 157 Å². The highest BCUT2D eigenvalue weighted by molar-refractivity contribution is 6.00. The van der Waals surface area contributed by atoms with E-state index in [1.54, 1.807) is 34.9 Å². The summed E-state index contributed by atoms with van der Waals surface area (Å²) in [7, 11) is 3.06. The van der Waals surface area contributed by atoms with Gasteiger partial charge < -0.3 is 24.4 Å². The highest BCUT2D eigenvalue weighted by Gasteiger charge is 2.45. The molecule has 0 aliphatic carbocycles. The van der Waals surface area contributed by atoms with Crippen LogP contribution in [0.15, 0.2) is 18.2 Å². The van der Waals surface area contributed by atoms with Crippen molar-refractivity contribution in [3.8, 4) is 11.5 Å². The van der Waals surface area contributed by atoms with Gasteiger partial charge in [-0.15, -0.1) is 0 Å². The number of hydrogen-bond donors (Lipinski definition) is 1. The Bertz CT molecular complexity index is 779. The zero-order valence-electron chi connectivity index (χ0n) is 15.7. The molecule has 0 bridgehead atoms. The normalized spacial score (nSPS) is 25.0. The number of carbonyl (C=O) groups excluding carboxylic acids is 2. The Hall–Kier alpha value is -2.77. The van der Waals surface area contributed by atoms with Crippen LogP contribution in [0.3, 0.4) is 0 Å². The summed E-state index contributed by atoms with van der Waals surface area (Å²) in [6.45, 7) is 2.51. The van der Waals surface area contributed by atoms with Crippen LogP contribution in [0.4, 0.5) is 5.69 Å². The number of methoxy groups -OCH3 is 2. The van der Waals surface area contributed by atoms with Gasteiger partial charge in [-0.2, -0.15) is 0 Å². The molecule has 1 N–H and O–H groups in total. The molecule has 8 heteroatoms. The molecule has 1 aromatic carbocycles. The topological polar surface area (TPSA) is 96.4 Å². The molecule has 2 aliphatic rings. The number of ether oxygens (including phenoxy) is 2. The molecule has 1 aromatic rings. The lowest BCUT2D eigenvalue weighted by atomic mass is 9.90. The zero-order valence-corrected chi connectivity index (χ0v) is 15.7. The summed E-state index contributed by atoms with van der Waals surface area (Å²) in [5, 5.41) is 9.34. The van der Waals surface area contributed by atoms with Crippen molar-refractivity contribution >= 4 is 23.5 Å². The summed E-state index contributed by atoms with van der Waals surface area (Å²) in [5.41, 5.74) is -0.272. The summed E-state index contributed by atoms with van der Waals surface area (Å²) in [5.74, 6) is -0.592. The van der Waals surface area contributed by atoms with Crippen LogP contribution < -0.4 is 14.4 Å². The molecule has 146 valence electrons. The molecule has 8 nitrogen and oxygen atoms in total. The Morgan fingerprint density at radius 1 is 1.22 bits per heavy atom. The van der Waals surface area contributed by atoms with Gasteiger partial charge in [0.2, 0.25) is 11.8 Å². The van der Waals surface area contributed by atoms with Gasteiger partial charge in [-0.1, -0.05) is 0 Å². The van der Waals surface area contributed by atoms with Crippen LogP contribution in [0.5, 0.6) is 11.5 Å². The largest absolute Gasteiger partial charge is 0.493 e. The van der Waals surface area contributed by atoms with Crippen LogP contribution in [0.2, 0.25) is 0 Å². The average molecular weight is 376 g/mol. The number of rotatable bonds is 5. The van der Waals surface area contributed by atoms with Crippen molar-refractivity contribution in [1.82, 2.24) is 4.90 Å². The number of carboxylic acid groups (broad SMARTS) is 1. The predicted molar refractivity (Wildman–Crippen MR) is 96.9 cm³/mol. The lowest BCUT2D eigenvalue weighted by Crippen LogP contribution is -2.39. The van der Waals surface area contributed by atoms with E-state index in [1.165, 1.54) is 14.2 Å². The van der Waals surface area contributed by atoms with Crippen molar-refractivity contribution in [3.05, 3.63) is 18.2 Å². The van der Waals surface area contributed by atoms with Crippen LogP contribution in [0.1, 0.15) is 19.8 Å². The summed E-state index contributed by atoms with van der Waals surface area (Å²) in [6.07, 6.45) is 0.543. The quantitative estimate of drug-likeness (QED) is 0.834. The van der Waals surface area contributed by atoms with E-state index in [0.717, 1.165) is 0 Å². The SMILES string of the molecule is COc1ccc(N2C[C@H](C(=O)N3CC[C@](C)(C(=O)O)C3)CC2=O)cc1OC. The Morgan fingerprint density at radius 3 is 2.52 bits per heavy atom. The third kappa shape index (κ3) is 3.43. The van der Waals surface area contributed by atoms with Crippen molar-refractivity contribution < 1.29 is 29.0 Å². The maximum atomic E-state index is 12.8. The van der Waals surface area contributed by atoms with Crippen molar-refractivity contribution in [2.75, 3.05) is 38.8 Å². The van der Waals surface area contributed by atoms with Crippen LogP contribution in [0, 0.1) is 11.3 Å². The van der Waals surface area contributed by atoms with E-state index in [9.17, 15) is 19.5 Å². The second-order valence-corrected chi connectivity index (χ2v) is 7.32. The van der Waals surface area contributed by atoms with E-state index in [-0.39, 0.29) is 31.3 Å². The number of likely N-dealkylation sites (tertiary alicyclic amines) is 1. The van der Waals surface area contributed by atoms with Crippen LogP contribution >= 0.6 is 0 Å². The smallest absolute Gasteiger partial charge is 0.311 e. The van der Waals surface area contributed by atoms with Gasteiger partial charge in [0.05, 0.1) is 25.6 Å². The molecule has 0 aromatic heterocycles. The fourth-order valence-electron chi connectivity index (χ4n) is 3.70. The predicted octanol–water partition coefficient (Wildman–Crippen LogP) is 1.38. The lowest BCUT2D eigenvalue weighted by molar-refractivity contribution is -0.147. The highest BCUT2D eigenvalue weighted by atomic mass is 16.5. The van der Waals surface area contributed by atoms with Crippen molar-refractivity contribution in [3.63, 3.8) is 0 Å². The monoisotopic (exact) mass is 376 g/mol. The first kappa shape index (κ1) is 19.0. The van der Waals surface area contributed by atoms with Gasteiger partial charge >= 0.3 is 5.97 Å². The zero-order chi connectivity index (χ0) is 19.8. The van der Waals surface area contributed by atoms with Gasteiger partial charge in [0, 0.05) is 37.8 Å². The van der Waals surface area contributed by atoms with Crippen LogP contribution in [0.25, 0.3) is 0 Å². The number of nitrogens with zero attached hydrogens (tertiary/aromatic N) is 2. The number of anilines is 1. The minimum absolute atomic E-state index is 0.119. The standard InChI is InChI=1S/C19H24N2O6/c1-19(18(24)25)6-7-20(11-19)17(23)12-8-16(22)21(10-12)13-4-5-14(26-2)15(9-13)27-3/h4-5,9,12H,6-8,10-11H2,1-3H3,(H,24,25)/t12-,19+/m1/s1. The molecular weight excluding hydrogens is 352 g/mol. The van der Waals surface area contributed by atoms with E-state index >= 15 is 0 Å². The van der Waals surface area contributed by atoms with E-state index in [2.05, 4.69) is 0 Å². The van der Waals surface area contributed by atoms with E-state index in [1.807, 2.05) is 0 Å². The number of carboxylic acids is 1. The minimum Gasteiger partial charge on any atom is -0.493 e. The summed E-state index contributed by atoms with van der Waals surface area (Å²) in [4.78, 5) is 39.8. The van der Waals surface area contributed by atoms with Crippen LogP contribution in [-0.4, -0.2) is 61.6 Å². The lowest BCUT2D eigenvalue weighted by Gasteiger charge is -2.23. The third-order valence-corrected chi connectivity index (χ3v) is 5.45. The Kier molecular flexibility index (Phi) is 4.99. The molecule has 27 heavy (non-hydrogen) atoms. The molecule has 0 unspecified atom stereocenters. The molecule has 0 spiro atoms. The molecule has 2 amide bonds. The van der Waals surface area contributed by atoms with Gasteiger partial charge in [0.1, 0.15) is 0 Å². The summed E-state index contributed by atoms with van der Waals surface area (Å²) in [6, 6.07) is 5.18. The van der Waals surface area contributed by atoms with Crippen molar-refractivity contribution in [2.45, 2.75) is 19.8 Å². The summed E-state index contributed by atoms with van der Waals surface area (Å²) >= 11 is 0. The van der Waals surface area contributed by atoms with Gasteiger partial charge in [0.15, 0.2) is 11.5 Å². The molecule has 2 fully saturated rings. The Balaban J connectivity index is 1.72. The Morgan fingerprint density at radius 2 is 1.93 bits per heavy atom. The van der Waals surface area contributed by atoms with Gasteiger partial charge in [-0.05, 0) is 25.5 Å². The molecule has 2 atom stereocenters. The number of hydrogen-bond acceptors (Lipinski definition) is 5. The number of carbonyl (C=O) groups is 3. The fourth-order valence-corrected chi connectivity index (χ4v) is 3.70. The first-order valence-corrected chi connectivity index (χ1v) is 8.83. The van der Waals surface area contributed by atoms with E-state index in [0.29, 0.717) is 30.2 Å². The number of aliphatic carboxylic acids is 1. The molecule has 0 radical (unpaired) electrons. The molecule has 2 heterocycles. The highest BCUT2D eigenvalue weighted by Crippen LogP contribution is 2.36. The maximum Gasteiger partial charge on any atom is 0.311 e. The minimum atomic E-state index is -0.915. The van der Waals surface area contributed by atoms with Gasteiger partial charge in [0.25, 0.3) is 0 Å². The van der Waals surface area contributed by atoms with Gasteiger partial charge in [-0.25, -0.2) is 0 Å². The van der Waals surface area contributed by atoms with E-state index in [4.69, 9.17) is 9.47 Å². The maximum absolute atomic E-state index is 12.8. The molecular formula is C19H24N2O6. The van der Waals surface area contributed by atoms with Crippen molar-refractivity contribution in [1.29, 1.82) is 0 Å². The third-order valence-electron chi connectivity index (χ3n) is 5.45. The second-order valence-electron chi connectivity index (χ2n) is 7.32.